The third-order valence-electron chi connectivity index (χ3n) is 5.32. The van der Waals surface area contributed by atoms with E-state index >= 15 is 0 Å². The second-order valence-electron chi connectivity index (χ2n) is 8.70. The first-order valence-electron chi connectivity index (χ1n) is 11.0. The van der Waals surface area contributed by atoms with Crippen molar-refractivity contribution in [2.24, 2.45) is 0 Å². The summed E-state index contributed by atoms with van der Waals surface area (Å²) in [7, 11) is 0. The Morgan fingerprint density at radius 2 is 1.61 bits per heavy atom. The van der Waals surface area contributed by atoms with Crippen molar-refractivity contribution in [3.63, 3.8) is 0 Å². The lowest BCUT2D eigenvalue weighted by atomic mass is 9.93. The van der Waals surface area contributed by atoms with E-state index in [1.54, 1.807) is 0 Å². The van der Waals surface area contributed by atoms with Crippen LogP contribution in [0.2, 0.25) is 0 Å². The van der Waals surface area contributed by atoms with E-state index in [4.69, 9.17) is 9.47 Å². The molecule has 4 nitrogen and oxygen atoms in total. The summed E-state index contributed by atoms with van der Waals surface area (Å²) in [4.78, 5) is 11.9. The molecule has 0 heterocycles. The second kappa shape index (κ2) is 12.0. The van der Waals surface area contributed by atoms with Gasteiger partial charge in [0.05, 0.1) is 0 Å². The lowest BCUT2D eigenvalue weighted by Crippen LogP contribution is -2.42. The largest absolute Gasteiger partial charge is 0.488 e. The van der Waals surface area contributed by atoms with Gasteiger partial charge in [0.1, 0.15) is 18.0 Å². The number of carbonyl (C=O) groups excluding carboxylic acids is 1. The summed E-state index contributed by atoms with van der Waals surface area (Å²) in [6, 6.07) is 7.90. The third-order valence-corrected chi connectivity index (χ3v) is 5.32. The van der Waals surface area contributed by atoms with Gasteiger partial charge in [-0.1, -0.05) is 58.6 Å². The Bertz CT molecular complexity index is 568. The van der Waals surface area contributed by atoms with Gasteiger partial charge in [-0.3, -0.25) is 0 Å². The Morgan fingerprint density at radius 3 is 2.18 bits per heavy atom. The molecule has 28 heavy (non-hydrogen) atoms. The molecule has 1 unspecified atom stereocenters. The van der Waals surface area contributed by atoms with E-state index in [1.165, 1.54) is 25.7 Å². The van der Waals surface area contributed by atoms with Gasteiger partial charge in [0.25, 0.3) is 0 Å². The van der Waals surface area contributed by atoms with Gasteiger partial charge in [-0.25, -0.2) is 4.79 Å². The van der Waals surface area contributed by atoms with E-state index in [-0.39, 0.29) is 23.8 Å². The molecule has 0 saturated carbocycles. The number of nitrogens with one attached hydrogen (secondary N) is 1. The van der Waals surface area contributed by atoms with Crippen molar-refractivity contribution in [1.82, 2.24) is 5.32 Å². The van der Waals surface area contributed by atoms with Crippen LogP contribution in [0.3, 0.4) is 0 Å². The Morgan fingerprint density at radius 1 is 0.929 bits per heavy atom. The molecule has 0 aliphatic carbocycles. The average molecular weight is 392 g/mol. The van der Waals surface area contributed by atoms with Crippen molar-refractivity contribution in [3.8, 4) is 5.75 Å². The summed E-state index contributed by atoms with van der Waals surface area (Å²) in [5.74, 6) is 0.881. The molecule has 0 bridgehead atoms. The van der Waals surface area contributed by atoms with Crippen LogP contribution in [0.4, 0.5) is 4.79 Å². The lowest BCUT2D eigenvalue weighted by molar-refractivity contribution is 0.0658. The van der Waals surface area contributed by atoms with Crippen LogP contribution >= 0.6 is 0 Å². The molecule has 0 aliphatic heterocycles. The molecule has 1 aromatic rings. The Hall–Kier alpha value is -1.71. The number of hydrogen-bond acceptors (Lipinski definition) is 3. The number of carbonyl (C=O) groups is 1. The number of amides is 1. The zero-order valence-corrected chi connectivity index (χ0v) is 18.9. The first-order valence-corrected chi connectivity index (χ1v) is 11.0. The number of hydrogen-bond donors (Lipinski definition) is 1. The van der Waals surface area contributed by atoms with E-state index in [2.05, 4.69) is 26.1 Å². The standard InChI is InChI=1S/C24H41NO3/c1-7-10-11-12-18-24(6,17-8-2)28-21-15-13-20(14-16-21)19-27-22(26)25-23(4,5)9-3/h13-16H,7-12,17-19H2,1-6H3,(H,25,26). The van der Waals surface area contributed by atoms with Crippen LogP contribution in [0.5, 0.6) is 5.75 Å². The van der Waals surface area contributed by atoms with Crippen molar-refractivity contribution in [2.75, 3.05) is 0 Å². The van der Waals surface area contributed by atoms with Gasteiger partial charge in [0, 0.05) is 5.54 Å². The van der Waals surface area contributed by atoms with Gasteiger partial charge in [0.15, 0.2) is 0 Å². The van der Waals surface area contributed by atoms with E-state index in [1.807, 2.05) is 45.0 Å². The van der Waals surface area contributed by atoms with Crippen molar-refractivity contribution in [2.45, 2.75) is 111 Å². The smallest absolute Gasteiger partial charge is 0.407 e. The van der Waals surface area contributed by atoms with Gasteiger partial charge in [0.2, 0.25) is 0 Å². The quantitative estimate of drug-likeness (QED) is 0.368. The second-order valence-corrected chi connectivity index (χ2v) is 8.70. The molecular formula is C24H41NO3. The van der Waals surface area contributed by atoms with Crippen molar-refractivity contribution in [1.29, 1.82) is 0 Å². The highest BCUT2D eigenvalue weighted by Crippen LogP contribution is 2.28. The van der Waals surface area contributed by atoms with Crippen LogP contribution in [-0.2, 0) is 11.3 Å². The molecule has 0 saturated heterocycles. The van der Waals surface area contributed by atoms with Crippen molar-refractivity contribution < 1.29 is 14.3 Å². The summed E-state index contributed by atoms with van der Waals surface area (Å²) < 4.78 is 11.7. The third kappa shape index (κ3) is 9.48. The predicted octanol–water partition coefficient (Wildman–Crippen LogP) is 7.01. The van der Waals surface area contributed by atoms with E-state index in [0.717, 1.165) is 37.0 Å². The molecule has 1 amide bonds. The normalized spacial score (nSPS) is 13.6. The van der Waals surface area contributed by atoms with Crippen LogP contribution in [0.1, 0.15) is 98.5 Å². The highest BCUT2D eigenvalue weighted by Gasteiger charge is 2.25. The topological polar surface area (TPSA) is 47.6 Å². The Labute approximate surface area is 172 Å². The number of ether oxygens (including phenoxy) is 2. The summed E-state index contributed by atoms with van der Waals surface area (Å²) >= 11 is 0. The summed E-state index contributed by atoms with van der Waals surface area (Å²) in [6.45, 7) is 12.9. The van der Waals surface area contributed by atoms with Gasteiger partial charge in [-0.05, 0) is 64.2 Å². The minimum atomic E-state index is -0.380. The fraction of sp³-hybridized carbons (Fsp3) is 0.708. The number of rotatable bonds is 13. The Kier molecular flexibility index (Phi) is 10.4. The summed E-state index contributed by atoms with van der Waals surface area (Å²) in [5, 5.41) is 2.88. The van der Waals surface area contributed by atoms with Crippen molar-refractivity contribution in [3.05, 3.63) is 29.8 Å². The maximum Gasteiger partial charge on any atom is 0.407 e. The highest BCUT2D eigenvalue weighted by atomic mass is 16.5. The van der Waals surface area contributed by atoms with Gasteiger partial charge < -0.3 is 14.8 Å². The first kappa shape index (κ1) is 24.3. The maximum atomic E-state index is 11.9. The Balaban J connectivity index is 2.56. The van der Waals surface area contributed by atoms with Crippen LogP contribution in [-0.4, -0.2) is 17.2 Å². The summed E-state index contributed by atoms with van der Waals surface area (Å²) in [6.07, 6.45) is 8.74. The van der Waals surface area contributed by atoms with E-state index in [0.29, 0.717) is 0 Å². The molecule has 0 aliphatic rings. The van der Waals surface area contributed by atoms with Crippen LogP contribution in [0, 0.1) is 0 Å². The maximum absolute atomic E-state index is 11.9. The van der Waals surface area contributed by atoms with Crippen LogP contribution < -0.4 is 10.1 Å². The molecule has 0 aromatic heterocycles. The van der Waals surface area contributed by atoms with E-state index < -0.39 is 0 Å². The molecule has 4 heteroatoms. The fourth-order valence-corrected chi connectivity index (χ4v) is 3.17. The molecule has 1 N–H and O–H groups in total. The van der Waals surface area contributed by atoms with Gasteiger partial charge in [-0.15, -0.1) is 0 Å². The molecule has 0 spiro atoms. The first-order chi connectivity index (χ1) is 13.2. The van der Waals surface area contributed by atoms with Crippen LogP contribution in [0.25, 0.3) is 0 Å². The molecule has 1 aromatic carbocycles. The summed E-state index contributed by atoms with van der Waals surface area (Å²) in [5.41, 5.74) is 0.582. The molecule has 160 valence electrons. The lowest BCUT2D eigenvalue weighted by Gasteiger charge is -2.31. The molecule has 1 atom stereocenters. The average Bonchev–Trinajstić information content (AvgIpc) is 2.65. The molecule has 1 rings (SSSR count). The molecule has 0 fully saturated rings. The number of benzene rings is 1. The molecular weight excluding hydrogens is 350 g/mol. The minimum absolute atomic E-state index is 0.119. The highest BCUT2D eigenvalue weighted by molar-refractivity contribution is 5.68. The zero-order chi connectivity index (χ0) is 21.0. The van der Waals surface area contributed by atoms with Crippen LogP contribution in [0.15, 0.2) is 24.3 Å². The van der Waals surface area contributed by atoms with Gasteiger partial charge in [-0.2, -0.15) is 0 Å². The molecule has 0 radical (unpaired) electrons. The predicted molar refractivity (Wildman–Crippen MR) is 117 cm³/mol. The van der Waals surface area contributed by atoms with E-state index in [9.17, 15) is 4.79 Å². The van der Waals surface area contributed by atoms with Crippen molar-refractivity contribution >= 4 is 6.09 Å². The SMILES string of the molecule is CCCCCCC(C)(CCC)Oc1ccc(COC(=O)NC(C)(C)CC)cc1. The number of unbranched alkanes of at least 4 members (excludes halogenated alkanes) is 3. The minimum Gasteiger partial charge on any atom is -0.488 e. The monoisotopic (exact) mass is 391 g/mol. The number of alkyl carbamates (subject to hydrolysis) is 1. The fourth-order valence-electron chi connectivity index (χ4n) is 3.17. The van der Waals surface area contributed by atoms with Gasteiger partial charge >= 0.3 is 6.09 Å². The zero-order valence-electron chi connectivity index (χ0n) is 18.9.